The predicted molar refractivity (Wildman–Crippen MR) is 101 cm³/mol. The van der Waals surface area contributed by atoms with Crippen molar-refractivity contribution in [1.82, 2.24) is 14.5 Å². The monoisotopic (exact) mass is 365 g/mol. The lowest BCUT2D eigenvalue weighted by atomic mass is 9.93. The van der Waals surface area contributed by atoms with Crippen molar-refractivity contribution in [3.63, 3.8) is 0 Å². The summed E-state index contributed by atoms with van der Waals surface area (Å²) < 4.78 is 14.7. The molecule has 0 spiro atoms. The molecule has 3 aromatic rings. The van der Waals surface area contributed by atoms with Crippen molar-refractivity contribution >= 4 is 21.8 Å². The highest BCUT2D eigenvalue weighted by Crippen LogP contribution is 2.38. The highest BCUT2D eigenvalue weighted by Gasteiger charge is 2.39. The Balaban J connectivity index is 1.78. The van der Waals surface area contributed by atoms with E-state index < -0.39 is 10.8 Å². The van der Waals surface area contributed by atoms with Crippen LogP contribution in [-0.4, -0.2) is 24.0 Å². The van der Waals surface area contributed by atoms with Crippen molar-refractivity contribution in [3.8, 4) is 0 Å². The van der Waals surface area contributed by atoms with Crippen LogP contribution in [0.4, 0.5) is 0 Å². The molecule has 4 unspecified atom stereocenters. The molecule has 0 amide bonds. The van der Waals surface area contributed by atoms with Crippen LogP contribution in [0.2, 0.25) is 0 Å². The van der Waals surface area contributed by atoms with Crippen LogP contribution in [0.25, 0.3) is 11.0 Å². The average molecular weight is 365 g/mol. The maximum atomic E-state index is 13.5. The molecule has 2 aromatic heterocycles. The highest BCUT2D eigenvalue weighted by molar-refractivity contribution is 7.85. The number of aromatic nitrogens is 3. The van der Waals surface area contributed by atoms with E-state index in [9.17, 15) is 9.00 Å². The topological polar surface area (TPSA) is 64.8 Å². The first-order chi connectivity index (χ1) is 12.6. The minimum Gasteiger partial charge on any atom is -0.288 e. The Morgan fingerprint density at radius 3 is 2.85 bits per heavy atom. The molecule has 1 saturated carbocycles. The second-order valence-corrected chi connectivity index (χ2v) is 8.74. The first kappa shape index (κ1) is 15.9. The third kappa shape index (κ3) is 2.21. The molecule has 1 aliphatic carbocycles. The predicted octanol–water partition coefficient (Wildman–Crippen LogP) is 3.16. The molecule has 132 valence electrons. The van der Waals surface area contributed by atoms with Crippen LogP contribution in [0, 0.1) is 0 Å². The van der Waals surface area contributed by atoms with E-state index in [4.69, 9.17) is 0 Å². The van der Waals surface area contributed by atoms with Crippen molar-refractivity contribution < 1.29 is 4.21 Å². The summed E-state index contributed by atoms with van der Waals surface area (Å²) in [6.07, 6.45) is 4.42. The van der Waals surface area contributed by atoms with Crippen LogP contribution < -0.4 is 5.56 Å². The minimum absolute atomic E-state index is 0.00527. The van der Waals surface area contributed by atoms with Gasteiger partial charge in [-0.05, 0) is 24.5 Å². The molecular weight excluding hydrogens is 346 g/mol. The van der Waals surface area contributed by atoms with Crippen LogP contribution >= 0.6 is 0 Å². The molecular formula is C20H19N3O2S. The SMILES string of the molecule is CC(c1ccccc1)c1cc2cnc3nc2n(c1=O)C1CCCC1S3=O. The molecule has 26 heavy (non-hydrogen) atoms. The van der Waals surface area contributed by atoms with Crippen LogP contribution in [-0.2, 0) is 10.8 Å². The quantitative estimate of drug-likeness (QED) is 0.655. The Bertz CT molecular complexity index is 1090. The van der Waals surface area contributed by atoms with Crippen LogP contribution in [0.15, 0.2) is 52.5 Å². The zero-order valence-corrected chi connectivity index (χ0v) is 15.3. The van der Waals surface area contributed by atoms with Gasteiger partial charge in [0.15, 0.2) is 0 Å². The lowest BCUT2D eigenvalue weighted by Crippen LogP contribution is -2.32. The van der Waals surface area contributed by atoms with Crippen molar-refractivity contribution in [2.75, 3.05) is 0 Å². The van der Waals surface area contributed by atoms with Gasteiger partial charge in [-0.15, -0.1) is 0 Å². The third-order valence-corrected chi connectivity index (χ3v) is 7.41. The molecule has 2 bridgehead atoms. The van der Waals surface area contributed by atoms with Crippen LogP contribution in [0.3, 0.4) is 0 Å². The number of benzene rings is 1. The maximum Gasteiger partial charge on any atom is 0.256 e. The Kier molecular flexibility index (Phi) is 3.57. The summed E-state index contributed by atoms with van der Waals surface area (Å²) in [4.78, 5) is 22.3. The summed E-state index contributed by atoms with van der Waals surface area (Å²) >= 11 is 0. The van der Waals surface area contributed by atoms with E-state index in [1.165, 1.54) is 0 Å². The highest BCUT2D eigenvalue weighted by atomic mass is 32.2. The molecule has 6 heteroatoms. The molecule has 5 nitrogen and oxygen atoms in total. The first-order valence-electron chi connectivity index (χ1n) is 9.03. The van der Waals surface area contributed by atoms with Gasteiger partial charge in [0.05, 0.1) is 22.1 Å². The van der Waals surface area contributed by atoms with E-state index in [2.05, 4.69) is 16.9 Å². The first-order valence-corrected chi connectivity index (χ1v) is 10.2. The van der Waals surface area contributed by atoms with Gasteiger partial charge in [-0.25, -0.2) is 9.97 Å². The fourth-order valence-electron chi connectivity index (χ4n) is 4.35. The largest absolute Gasteiger partial charge is 0.288 e. The molecule has 2 aliphatic rings. The van der Waals surface area contributed by atoms with Gasteiger partial charge in [0.25, 0.3) is 5.56 Å². The average Bonchev–Trinajstić information content (AvgIpc) is 3.12. The summed E-state index contributed by atoms with van der Waals surface area (Å²) in [7, 11) is -1.25. The second kappa shape index (κ2) is 5.84. The lowest BCUT2D eigenvalue weighted by Gasteiger charge is -2.21. The molecule has 0 saturated heterocycles. The van der Waals surface area contributed by atoms with Gasteiger partial charge >= 0.3 is 0 Å². The Morgan fingerprint density at radius 2 is 2.04 bits per heavy atom. The van der Waals surface area contributed by atoms with Gasteiger partial charge in [0.2, 0.25) is 5.16 Å². The summed E-state index contributed by atoms with van der Waals surface area (Å²) in [5.41, 5.74) is 2.48. The summed E-state index contributed by atoms with van der Waals surface area (Å²) in [6.45, 7) is 2.06. The molecule has 4 atom stereocenters. The third-order valence-electron chi connectivity index (χ3n) is 5.75. The number of hydrogen-bond acceptors (Lipinski definition) is 4. The van der Waals surface area contributed by atoms with Gasteiger partial charge in [-0.2, -0.15) is 0 Å². The number of hydrogen-bond donors (Lipinski definition) is 0. The Labute approximate surface area is 153 Å². The number of nitrogens with zero attached hydrogens (tertiary/aromatic N) is 3. The zero-order chi connectivity index (χ0) is 17.8. The fourth-order valence-corrected chi connectivity index (χ4v) is 5.88. The molecule has 1 fully saturated rings. The van der Waals surface area contributed by atoms with E-state index >= 15 is 0 Å². The van der Waals surface area contributed by atoms with E-state index in [1.54, 1.807) is 6.20 Å². The van der Waals surface area contributed by atoms with Gasteiger partial charge in [-0.1, -0.05) is 43.7 Å². The van der Waals surface area contributed by atoms with Gasteiger partial charge in [0, 0.05) is 23.1 Å². The molecule has 5 rings (SSSR count). The molecule has 3 heterocycles. The van der Waals surface area contributed by atoms with Gasteiger partial charge < -0.3 is 0 Å². The van der Waals surface area contributed by atoms with E-state index in [0.717, 1.165) is 35.8 Å². The number of fused-ring (bicyclic) bond motifs is 3. The van der Waals surface area contributed by atoms with Gasteiger partial charge in [-0.3, -0.25) is 13.6 Å². The van der Waals surface area contributed by atoms with E-state index in [-0.39, 0.29) is 22.8 Å². The lowest BCUT2D eigenvalue weighted by molar-refractivity contribution is 0.516. The van der Waals surface area contributed by atoms with Crippen LogP contribution in [0.1, 0.15) is 49.3 Å². The fraction of sp³-hybridized carbons (Fsp3) is 0.350. The molecule has 1 aromatic carbocycles. The Morgan fingerprint density at radius 1 is 1.23 bits per heavy atom. The second-order valence-electron chi connectivity index (χ2n) is 7.17. The van der Waals surface area contributed by atoms with Crippen molar-refractivity contribution in [1.29, 1.82) is 0 Å². The van der Waals surface area contributed by atoms with Crippen molar-refractivity contribution in [2.24, 2.45) is 0 Å². The number of rotatable bonds is 2. The smallest absolute Gasteiger partial charge is 0.256 e. The van der Waals surface area contributed by atoms with Crippen LogP contribution in [0.5, 0.6) is 0 Å². The summed E-state index contributed by atoms with van der Waals surface area (Å²) in [5, 5.41) is 1.14. The molecule has 1 aliphatic heterocycles. The normalized spacial score (nSPS) is 25.2. The standard InChI is InChI=1S/C20H19N3O2S/c1-12(13-6-3-2-4-7-13)15-10-14-11-21-20-22-18(14)23(19(15)24)16-8-5-9-17(16)26(20)25/h2-4,6-7,10-12,16-17H,5,8-9H2,1H3. The van der Waals surface area contributed by atoms with Crippen molar-refractivity contribution in [2.45, 2.75) is 48.6 Å². The summed E-state index contributed by atoms with van der Waals surface area (Å²) in [6, 6.07) is 11.9. The Hall–Kier alpha value is -2.34. The number of pyridine rings is 1. The summed E-state index contributed by atoms with van der Waals surface area (Å²) in [5.74, 6) is -0.0230. The van der Waals surface area contributed by atoms with Gasteiger partial charge in [0.1, 0.15) is 5.65 Å². The van der Waals surface area contributed by atoms with E-state index in [0.29, 0.717) is 10.8 Å². The van der Waals surface area contributed by atoms with Crippen molar-refractivity contribution in [3.05, 3.63) is 64.1 Å². The minimum atomic E-state index is -1.25. The maximum absolute atomic E-state index is 13.5. The van der Waals surface area contributed by atoms with E-state index in [1.807, 2.05) is 41.0 Å². The zero-order valence-electron chi connectivity index (χ0n) is 14.5. The molecule has 0 radical (unpaired) electrons. The molecule has 0 N–H and O–H groups in total.